The minimum Gasteiger partial charge on any atom is -0.365 e. The summed E-state index contributed by atoms with van der Waals surface area (Å²) in [5.74, 6) is -1.08. The molecular formula is C46H54F4O. The third-order valence-electron chi connectivity index (χ3n) is 11.8. The van der Waals surface area contributed by atoms with Crippen molar-refractivity contribution in [1.82, 2.24) is 0 Å². The molecule has 0 heterocycles. The SMILES string of the molecule is CCCCC1CCC(C(OC(c2ccc(-c3ccc(F)c(F)c3)cc2)C2CCC(CCCC)CC2)c2ccc(-c3ccc(F)c(F)c3)cc2)CC1. The summed E-state index contributed by atoms with van der Waals surface area (Å²) in [6, 6.07) is 24.6. The maximum Gasteiger partial charge on any atom is 0.159 e. The lowest BCUT2D eigenvalue weighted by Gasteiger charge is -2.40. The van der Waals surface area contributed by atoms with Gasteiger partial charge in [-0.1, -0.05) is 139 Å². The molecule has 2 fully saturated rings. The topological polar surface area (TPSA) is 9.23 Å². The molecule has 0 amide bonds. The summed E-state index contributed by atoms with van der Waals surface area (Å²) >= 11 is 0. The van der Waals surface area contributed by atoms with Crippen molar-refractivity contribution in [3.63, 3.8) is 0 Å². The zero-order chi connectivity index (χ0) is 35.7. The Bertz CT molecular complexity index is 1540. The molecule has 2 aliphatic rings. The van der Waals surface area contributed by atoms with E-state index in [0.29, 0.717) is 23.0 Å². The van der Waals surface area contributed by atoms with Gasteiger partial charge in [0, 0.05) is 0 Å². The van der Waals surface area contributed by atoms with Gasteiger partial charge < -0.3 is 4.74 Å². The molecule has 0 aromatic heterocycles. The first-order valence-electron chi connectivity index (χ1n) is 19.6. The van der Waals surface area contributed by atoms with Crippen LogP contribution in [0, 0.1) is 46.9 Å². The second-order valence-electron chi connectivity index (χ2n) is 15.3. The van der Waals surface area contributed by atoms with Gasteiger partial charge in [0.2, 0.25) is 0 Å². The van der Waals surface area contributed by atoms with Crippen LogP contribution in [0.15, 0.2) is 84.9 Å². The average Bonchev–Trinajstić information content (AvgIpc) is 3.17. The molecule has 0 spiro atoms. The van der Waals surface area contributed by atoms with Crippen LogP contribution in [-0.2, 0) is 4.74 Å². The van der Waals surface area contributed by atoms with Crippen LogP contribution in [0.5, 0.6) is 0 Å². The third kappa shape index (κ3) is 9.52. The Morgan fingerprint density at radius 2 is 0.824 bits per heavy atom. The Labute approximate surface area is 302 Å². The summed E-state index contributed by atoms with van der Waals surface area (Å²) < 4.78 is 63.1. The molecule has 0 bridgehead atoms. The molecule has 5 heteroatoms. The van der Waals surface area contributed by atoms with Gasteiger partial charge in [-0.3, -0.25) is 0 Å². The molecule has 0 aliphatic heterocycles. The van der Waals surface area contributed by atoms with E-state index in [0.717, 1.165) is 59.8 Å². The van der Waals surface area contributed by atoms with Gasteiger partial charge in [0.15, 0.2) is 23.3 Å². The van der Waals surface area contributed by atoms with Crippen LogP contribution in [0.1, 0.15) is 127 Å². The number of halogens is 4. The summed E-state index contributed by atoms with van der Waals surface area (Å²) in [6.07, 6.45) is 16.8. The minimum absolute atomic E-state index is 0.107. The Morgan fingerprint density at radius 1 is 0.471 bits per heavy atom. The van der Waals surface area contributed by atoms with Crippen LogP contribution in [0.4, 0.5) is 17.6 Å². The lowest BCUT2D eigenvalue weighted by atomic mass is 9.74. The van der Waals surface area contributed by atoms with Crippen LogP contribution in [0.3, 0.4) is 0 Å². The number of hydrogen-bond acceptors (Lipinski definition) is 1. The van der Waals surface area contributed by atoms with Gasteiger partial charge in [-0.15, -0.1) is 0 Å². The van der Waals surface area contributed by atoms with Gasteiger partial charge in [0.25, 0.3) is 0 Å². The molecule has 4 aromatic rings. The Morgan fingerprint density at radius 3 is 1.16 bits per heavy atom. The highest BCUT2D eigenvalue weighted by Gasteiger charge is 2.36. The van der Waals surface area contributed by atoms with Gasteiger partial charge in [0.1, 0.15) is 0 Å². The lowest BCUT2D eigenvalue weighted by Crippen LogP contribution is -2.28. The molecule has 4 aromatic carbocycles. The van der Waals surface area contributed by atoms with Crippen molar-refractivity contribution >= 4 is 0 Å². The van der Waals surface area contributed by atoms with Crippen molar-refractivity contribution < 1.29 is 22.3 Å². The van der Waals surface area contributed by atoms with Gasteiger partial charge in [0.05, 0.1) is 12.2 Å². The molecule has 6 rings (SSSR count). The first-order chi connectivity index (χ1) is 24.8. The van der Waals surface area contributed by atoms with Crippen LogP contribution in [-0.4, -0.2) is 0 Å². The average molecular weight is 699 g/mol. The highest BCUT2D eigenvalue weighted by Crippen LogP contribution is 2.47. The first-order valence-corrected chi connectivity index (χ1v) is 19.6. The fraction of sp³-hybridized carbons (Fsp3) is 0.478. The van der Waals surface area contributed by atoms with Crippen molar-refractivity contribution in [1.29, 1.82) is 0 Å². The predicted octanol–water partition coefficient (Wildman–Crippen LogP) is 14.4. The van der Waals surface area contributed by atoms with Crippen LogP contribution in [0.25, 0.3) is 22.3 Å². The fourth-order valence-corrected chi connectivity index (χ4v) is 8.71. The van der Waals surface area contributed by atoms with Crippen molar-refractivity contribution in [2.45, 2.75) is 116 Å². The molecule has 0 radical (unpaired) electrons. The standard InChI is InChI=1S/C46H54F4O/c1-3-5-7-31-9-13-35(14-10-31)45(37-21-17-33(18-22-37)39-25-27-41(47)43(49)29-39)51-46(36-15-11-32(12-16-36)8-6-4-2)38-23-19-34(20-24-38)40-26-28-42(48)44(50)30-40/h17-32,35-36,45-46H,3-16H2,1-2H3. The van der Waals surface area contributed by atoms with E-state index in [1.165, 1.54) is 88.5 Å². The van der Waals surface area contributed by atoms with E-state index < -0.39 is 23.3 Å². The quantitative estimate of drug-likeness (QED) is 0.119. The summed E-state index contributed by atoms with van der Waals surface area (Å²) in [6.45, 7) is 4.53. The second kappa shape index (κ2) is 17.9. The Kier molecular flexibility index (Phi) is 13.1. The number of unbranched alkanes of at least 4 members (excludes halogenated alkanes) is 2. The molecule has 272 valence electrons. The molecule has 0 saturated heterocycles. The van der Waals surface area contributed by atoms with E-state index in [1.807, 2.05) is 24.3 Å². The minimum atomic E-state index is -0.847. The van der Waals surface area contributed by atoms with Crippen molar-refractivity contribution in [3.8, 4) is 22.3 Å². The zero-order valence-electron chi connectivity index (χ0n) is 30.4. The maximum atomic E-state index is 14.1. The molecular weight excluding hydrogens is 644 g/mol. The zero-order valence-corrected chi connectivity index (χ0v) is 30.4. The lowest BCUT2D eigenvalue weighted by molar-refractivity contribution is -0.0907. The van der Waals surface area contributed by atoms with Crippen LogP contribution in [0.2, 0.25) is 0 Å². The van der Waals surface area contributed by atoms with E-state index in [9.17, 15) is 17.6 Å². The monoisotopic (exact) mass is 698 g/mol. The number of hydrogen-bond donors (Lipinski definition) is 0. The summed E-state index contributed by atoms with van der Waals surface area (Å²) in [4.78, 5) is 0. The summed E-state index contributed by atoms with van der Waals surface area (Å²) in [7, 11) is 0. The number of ether oxygens (including phenoxy) is 1. The molecule has 2 aliphatic carbocycles. The third-order valence-corrected chi connectivity index (χ3v) is 11.8. The molecule has 1 nitrogen and oxygen atoms in total. The van der Waals surface area contributed by atoms with E-state index in [1.54, 1.807) is 12.1 Å². The smallest absolute Gasteiger partial charge is 0.159 e. The van der Waals surface area contributed by atoms with Crippen molar-refractivity contribution in [3.05, 3.63) is 119 Å². The summed E-state index contributed by atoms with van der Waals surface area (Å²) in [5.41, 5.74) is 5.22. The largest absolute Gasteiger partial charge is 0.365 e. The van der Waals surface area contributed by atoms with Gasteiger partial charge in [-0.05, 0) is 107 Å². The van der Waals surface area contributed by atoms with E-state index in [4.69, 9.17) is 4.74 Å². The second-order valence-corrected chi connectivity index (χ2v) is 15.3. The Hall–Kier alpha value is -3.44. The normalized spacial score (nSPS) is 22.1. The molecule has 2 saturated carbocycles. The van der Waals surface area contributed by atoms with Gasteiger partial charge in [-0.2, -0.15) is 0 Å². The fourth-order valence-electron chi connectivity index (χ4n) is 8.71. The highest BCUT2D eigenvalue weighted by atomic mass is 19.2. The highest BCUT2D eigenvalue weighted by molar-refractivity contribution is 5.64. The molecule has 51 heavy (non-hydrogen) atoms. The van der Waals surface area contributed by atoms with Gasteiger partial charge in [-0.25, -0.2) is 17.6 Å². The molecule has 0 N–H and O–H groups in total. The van der Waals surface area contributed by atoms with E-state index >= 15 is 0 Å². The van der Waals surface area contributed by atoms with E-state index in [2.05, 4.69) is 38.1 Å². The maximum absolute atomic E-state index is 14.1. The first kappa shape index (κ1) is 37.3. The molecule has 2 unspecified atom stereocenters. The summed E-state index contributed by atoms with van der Waals surface area (Å²) in [5, 5.41) is 0. The van der Waals surface area contributed by atoms with Crippen LogP contribution < -0.4 is 0 Å². The predicted molar refractivity (Wildman–Crippen MR) is 200 cm³/mol. The van der Waals surface area contributed by atoms with Crippen molar-refractivity contribution in [2.24, 2.45) is 23.7 Å². The van der Waals surface area contributed by atoms with Gasteiger partial charge >= 0.3 is 0 Å². The van der Waals surface area contributed by atoms with E-state index in [-0.39, 0.29) is 12.2 Å². The number of benzene rings is 4. The molecule has 2 atom stereocenters. The number of rotatable bonds is 14. The van der Waals surface area contributed by atoms with Crippen LogP contribution >= 0.6 is 0 Å². The Balaban J connectivity index is 1.30. The van der Waals surface area contributed by atoms with Crippen molar-refractivity contribution in [2.75, 3.05) is 0 Å².